The van der Waals surface area contributed by atoms with Crippen LogP contribution in [0.15, 0.2) is 18.2 Å². The van der Waals surface area contributed by atoms with Crippen molar-refractivity contribution in [3.8, 4) is 5.75 Å². The van der Waals surface area contributed by atoms with Gasteiger partial charge in [0.05, 0.1) is 6.61 Å². The molecule has 1 aromatic carbocycles. The average molecular weight is 293 g/mol. The highest BCUT2D eigenvalue weighted by atomic mass is 16.5. The van der Waals surface area contributed by atoms with Gasteiger partial charge in [0.2, 0.25) is 5.91 Å². The smallest absolute Gasteiger partial charge is 0.326 e. The van der Waals surface area contributed by atoms with Gasteiger partial charge in [-0.1, -0.05) is 6.07 Å². The van der Waals surface area contributed by atoms with Crippen LogP contribution in [0.5, 0.6) is 5.75 Å². The number of carbonyl (C=O) groups is 2. The Hall–Kier alpha value is -2.04. The number of rotatable bonds is 7. The van der Waals surface area contributed by atoms with Crippen molar-refractivity contribution in [2.45, 2.75) is 39.7 Å². The molecular weight excluding hydrogens is 270 g/mol. The molecule has 1 atom stereocenters. The number of carboxylic acids is 1. The first-order valence-corrected chi connectivity index (χ1v) is 7.01. The average Bonchev–Trinajstić information content (AvgIpc) is 2.45. The zero-order valence-electron chi connectivity index (χ0n) is 13.0. The lowest BCUT2D eigenvalue weighted by molar-refractivity contribution is -0.148. The molecule has 0 aliphatic carbocycles. The monoisotopic (exact) mass is 293 g/mol. The molecule has 1 amide bonds. The highest BCUT2D eigenvalue weighted by Crippen LogP contribution is 2.16. The van der Waals surface area contributed by atoms with Gasteiger partial charge in [-0.05, 0) is 50.5 Å². The van der Waals surface area contributed by atoms with E-state index in [9.17, 15) is 9.59 Å². The number of ether oxygens (including phenoxy) is 1. The molecule has 0 bridgehead atoms. The predicted octanol–water partition coefficient (Wildman–Crippen LogP) is 2.39. The van der Waals surface area contributed by atoms with E-state index in [0.29, 0.717) is 13.0 Å². The summed E-state index contributed by atoms with van der Waals surface area (Å²) in [6, 6.07) is 5.06. The fraction of sp³-hybridized carbons (Fsp3) is 0.500. The number of nitrogens with zero attached hydrogens (tertiary/aromatic N) is 1. The molecule has 0 heterocycles. The third kappa shape index (κ3) is 5.10. The van der Waals surface area contributed by atoms with Crippen LogP contribution in [0.3, 0.4) is 0 Å². The van der Waals surface area contributed by atoms with Crippen molar-refractivity contribution >= 4 is 11.9 Å². The van der Waals surface area contributed by atoms with E-state index in [-0.39, 0.29) is 12.3 Å². The van der Waals surface area contributed by atoms with Gasteiger partial charge in [-0.25, -0.2) is 4.79 Å². The molecule has 1 unspecified atom stereocenters. The minimum Gasteiger partial charge on any atom is -0.494 e. The summed E-state index contributed by atoms with van der Waals surface area (Å²) in [4.78, 5) is 23.9. The lowest BCUT2D eigenvalue weighted by atomic mass is 10.1. The molecule has 0 saturated carbocycles. The number of hydrogen-bond acceptors (Lipinski definition) is 3. The topological polar surface area (TPSA) is 66.8 Å². The van der Waals surface area contributed by atoms with Crippen molar-refractivity contribution in [1.82, 2.24) is 4.90 Å². The number of aliphatic carboxylic acids is 1. The van der Waals surface area contributed by atoms with Gasteiger partial charge in [0.15, 0.2) is 0 Å². The van der Waals surface area contributed by atoms with Crippen LogP contribution in [0.25, 0.3) is 0 Å². The van der Waals surface area contributed by atoms with Crippen molar-refractivity contribution in [1.29, 1.82) is 0 Å². The second-order valence-electron chi connectivity index (χ2n) is 5.22. The predicted molar refractivity (Wildman–Crippen MR) is 80.5 cm³/mol. The minimum absolute atomic E-state index is 0.186. The van der Waals surface area contributed by atoms with E-state index >= 15 is 0 Å². The molecule has 1 N–H and O–H groups in total. The van der Waals surface area contributed by atoms with E-state index < -0.39 is 12.0 Å². The van der Waals surface area contributed by atoms with Gasteiger partial charge < -0.3 is 14.7 Å². The number of carboxylic acid groups (broad SMARTS) is 1. The summed E-state index contributed by atoms with van der Waals surface area (Å²) >= 11 is 0. The molecule has 21 heavy (non-hydrogen) atoms. The molecule has 0 saturated heterocycles. The number of hydrogen-bond donors (Lipinski definition) is 1. The van der Waals surface area contributed by atoms with E-state index in [4.69, 9.17) is 9.84 Å². The minimum atomic E-state index is -1.00. The van der Waals surface area contributed by atoms with Crippen LogP contribution in [-0.2, 0) is 9.59 Å². The Morgan fingerprint density at radius 1 is 1.29 bits per heavy atom. The molecule has 5 heteroatoms. The van der Waals surface area contributed by atoms with Gasteiger partial charge >= 0.3 is 5.97 Å². The molecule has 0 fully saturated rings. The van der Waals surface area contributed by atoms with Crippen molar-refractivity contribution < 1.29 is 19.4 Å². The highest BCUT2D eigenvalue weighted by Gasteiger charge is 2.20. The van der Waals surface area contributed by atoms with E-state index in [2.05, 4.69) is 0 Å². The van der Waals surface area contributed by atoms with Crippen molar-refractivity contribution in [3.63, 3.8) is 0 Å². The lowest BCUT2D eigenvalue weighted by Gasteiger charge is -2.21. The normalized spacial score (nSPS) is 11.8. The summed E-state index contributed by atoms with van der Waals surface area (Å²) in [7, 11) is 1.51. The number of likely N-dealkylation sites (N-methyl/N-ethyl adjacent to an activating group) is 1. The molecule has 1 aromatic rings. The summed E-state index contributed by atoms with van der Waals surface area (Å²) in [6.07, 6.45) is 0.835. The molecule has 0 aromatic heterocycles. The highest BCUT2D eigenvalue weighted by molar-refractivity contribution is 5.83. The Morgan fingerprint density at radius 3 is 2.52 bits per heavy atom. The van der Waals surface area contributed by atoms with E-state index in [0.717, 1.165) is 5.75 Å². The molecule has 0 radical (unpaired) electrons. The SMILES string of the molecule is Cc1ccc(OCCCC(=O)N(C)C(C)C(=O)O)cc1C. The Labute approximate surface area is 125 Å². The molecule has 0 aliphatic heterocycles. The van der Waals surface area contributed by atoms with Crippen LogP contribution in [-0.4, -0.2) is 41.6 Å². The van der Waals surface area contributed by atoms with Crippen LogP contribution >= 0.6 is 0 Å². The Balaban J connectivity index is 2.35. The summed E-state index contributed by atoms with van der Waals surface area (Å²) in [5.74, 6) is -0.399. The first kappa shape index (κ1) is 17.0. The summed E-state index contributed by atoms with van der Waals surface area (Å²) in [5.41, 5.74) is 2.38. The fourth-order valence-electron chi connectivity index (χ4n) is 1.78. The lowest BCUT2D eigenvalue weighted by Crippen LogP contribution is -2.40. The Morgan fingerprint density at radius 2 is 1.95 bits per heavy atom. The number of amides is 1. The third-order valence-electron chi connectivity index (χ3n) is 3.61. The second kappa shape index (κ2) is 7.67. The zero-order valence-corrected chi connectivity index (χ0v) is 13.0. The number of benzene rings is 1. The van der Waals surface area contributed by atoms with E-state index in [1.54, 1.807) is 0 Å². The largest absolute Gasteiger partial charge is 0.494 e. The summed E-state index contributed by atoms with van der Waals surface area (Å²) in [5, 5.41) is 8.85. The standard InChI is InChI=1S/C16H23NO4/c1-11-7-8-14(10-12(11)2)21-9-5-6-15(18)17(4)13(3)16(19)20/h7-8,10,13H,5-6,9H2,1-4H3,(H,19,20). The van der Waals surface area contributed by atoms with Crippen LogP contribution in [0.4, 0.5) is 0 Å². The van der Waals surface area contributed by atoms with E-state index in [1.165, 1.54) is 30.0 Å². The van der Waals surface area contributed by atoms with Gasteiger partial charge in [0.25, 0.3) is 0 Å². The quantitative estimate of drug-likeness (QED) is 0.784. The maximum absolute atomic E-state index is 11.8. The first-order chi connectivity index (χ1) is 9.82. The zero-order chi connectivity index (χ0) is 16.0. The van der Waals surface area contributed by atoms with Gasteiger partial charge in [0, 0.05) is 13.5 Å². The van der Waals surface area contributed by atoms with Crippen molar-refractivity contribution in [2.24, 2.45) is 0 Å². The fourth-order valence-corrected chi connectivity index (χ4v) is 1.78. The number of carbonyl (C=O) groups excluding carboxylic acids is 1. The molecule has 0 aliphatic rings. The third-order valence-corrected chi connectivity index (χ3v) is 3.61. The van der Waals surface area contributed by atoms with Gasteiger partial charge in [-0.15, -0.1) is 0 Å². The van der Waals surface area contributed by atoms with Crippen molar-refractivity contribution in [2.75, 3.05) is 13.7 Å². The van der Waals surface area contributed by atoms with Crippen LogP contribution in [0.1, 0.15) is 30.9 Å². The molecule has 0 spiro atoms. The molecule has 5 nitrogen and oxygen atoms in total. The van der Waals surface area contributed by atoms with Crippen molar-refractivity contribution in [3.05, 3.63) is 29.3 Å². The van der Waals surface area contributed by atoms with Crippen LogP contribution < -0.4 is 4.74 Å². The van der Waals surface area contributed by atoms with Gasteiger partial charge in [-0.3, -0.25) is 4.79 Å². The molecular formula is C16H23NO4. The summed E-state index contributed by atoms with van der Waals surface area (Å²) in [6.45, 7) is 5.99. The summed E-state index contributed by atoms with van der Waals surface area (Å²) < 4.78 is 5.59. The maximum Gasteiger partial charge on any atom is 0.326 e. The molecule has 1 rings (SSSR count). The van der Waals surface area contributed by atoms with Gasteiger partial charge in [0.1, 0.15) is 11.8 Å². The second-order valence-corrected chi connectivity index (χ2v) is 5.22. The Bertz CT molecular complexity index is 513. The van der Waals surface area contributed by atoms with Gasteiger partial charge in [-0.2, -0.15) is 0 Å². The Kier molecular flexibility index (Phi) is 6.21. The van der Waals surface area contributed by atoms with Crippen LogP contribution in [0, 0.1) is 13.8 Å². The van der Waals surface area contributed by atoms with Crippen LogP contribution in [0.2, 0.25) is 0 Å². The number of aryl methyl sites for hydroxylation is 2. The van der Waals surface area contributed by atoms with E-state index in [1.807, 2.05) is 32.0 Å². The molecule has 116 valence electrons. The maximum atomic E-state index is 11.8. The first-order valence-electron chi connectivity index (χ1n) is 7.01.